The topological polar surface area (TPSA) is 59.4 Å². The van der Waals surface area contributed by atoms with Crippen LogP contribution in [0.2, 0.25) is 0 Å². The maximum Gasteiger partial charge on any atom is 0.419 e. The third-order valence-corrected chi connectivity index (χ3v) is 8.86. The van der Waals surface area contributed by atoms with E-state index < -0.39 is 23.6 Å². The smallest absolute Gasteiger partial charge is 0.320 e. The van der Waals surface area contributed by atoms with Crippen LogP contribution in [-0.4, -0.2) is 48.1 Å². The van der Waals surface area contributed by atoms with Gasteiger partial charge >= 0.3 is 12.2 Å². The van der Waals surface area contributed by atoms with Gasteiger partial charge in [-0.3, -0.25) is 0 Å². The highest BCUT2D eigenvalue weighted by molar-refractivity contribution is 5.89. The van der Waals surface area contributed by atoms with Crippen LogP contribution in [0.15, 0.2) is 42.5 Å². The summed E-state index contributed by atoms with van der Waals surface area (Å²) < 4.78 is 53.6. The highest BCUT2D eigenvalue weighted by Gasteiger charge is 2.58. The number of carbonyl (C=O) groups is 1. The zero-order valence-corrected chi connectivity index (χ0v) is 21.9. The molecule has 3 fully saturated rings. The molecule has 1 heterocycles. The van der Waals surface area contributed by atoms with Crippen molar-refractivity contribution in [2.75, 3.05) is 31.5 Å². The summed E-state index contributed by atoms with van der Waals surface area (Å²) in [4.78, 5) is 17.7. The lowest BCUT2D eigenvalue weighted by Crippen LogP contribution is -2.48. The fourth-order valence-electron chi connectivity index (χ4n) is 6.62. The van der Waals surface area contributed by atoms with Gasteiger partial charge in [-0.15, -0.1) is 0 Å². The van der Waals surface area contributed by atoms with Gasteiger partial charge in [-0.2, -0.15) is 18.4 Å². The van der Waals surface area contributed by atoms with Gasteiger partial charge in [0.05, 0.1) is 17.2 Å². The number of rotatable bonds is 6. The molecule has 0 aromatic heterocycles. The Kier molecular flexibility index (Phi) is 7.86. The molecule has 1 N–H and O–H groups in total. The molecule has 5 rings (SSSR count). The zero-order valence-electron chi connectivity index (χ0n) is 21.9. The molecular weight excluding hydrogens is 508 g/mol. The van der Waals surface area contributed by atoms with Gasteiger partial charge < -0.3 is 15.1 Å². The summed E-state index contributed by atoms with van der Waals surface area (Å²) in [5.74, 6) is -0.974. The molecule has 2 amide bonds. The quantitative estimate of drug-likeness (QED) is 0.403. The number of nitrogens with zero attached hydrogens (tertiary/aromatic N) is 3. The van der Waals surface area contributed by atoms with Crippen molar-refractivity contribution in [3.8, 4) is 6.07 Å². The van der Waals surface area contributed by atoms with Gasteiger partial charge in [0.25, 0.3) is 0 Å². The second kappa shape index (κ2) is 11.2. The average molecular weight is 543 g/mol. The fraction of sp³-hybridized carbons (Fsp3) is 0.533. The number of benzene rings is 2. The van der Waals surface area contributed by atoms with Crippen molar-refractivity contribution in [2.45, 2.75) is 69.0 Å². The molecule has 0 radical (unpaired) electrons. The van der Waals surface area contributed by atoms with Crippen molar-refractivity contribution in [1.82, 2.24) is 9.80 Å². The molecule has 2 saturated carbocycles. The van der Waals surface area contributed by atoms with E-state index in [-0.39, 0.29) is 17.1 Å². The number of nitrogens with one attached hydrogen (secondary N) is 1. The van der Waals surface area contributed by atoms with E-state index in [2.05, 4.69) is 22.4 Å². The van der Waals surface area contributed by atoms with E-state index in [0.29, 0.717) is 30.6 Å². The van der Waals surface area contributed by atoms with Gasteiger partial charge in [-0.05, 0) is 98.8 Å². The van der Waals surface area contributed by atoms with Gasteiger partial charge in [0.1, 0.15) is 5.82 Å². The minimum absolute atomic E-state index is 0.0366. The number of fused-ring (bicyclic) bond motifs is 1. The lowest BCUT2D eigenvalue weighted by molar-refractivity contribution is -0.139. The molecule has 1 aliphatic heterocycles. The summed E-state index contributed by atoms with van der Waals surface area (Å²) in [5, 5.41) is 12.0. The lowest BCUT2D eigenvalue weighted by Gasteiger charge is -2.38. The van der Waals surface area contributed by atoms with E-state index in [1.54, 1.807) is 11.0 Å². The molecule has 0 spiro atoms. The Morgan fingerprint density at radius 2 is 1.90 bits per heavy atom. The third kappa shape index (κ3) is 6.06. The molecule has 9 heteroatoms. The SMILES string of the molecule is N#Cc1cccc([C@]23CC[C@@H](N(CCN4CCCCCC4)C(=O)Nc4ccc(F)c(C(F)(F)F)c4)CC2C3)c1. The number of hydrogen-bond acceptors (Lipinski definition) is 3. The standard InChI is InChI=1S/C30H34F4N4O/c31-27-9-8-24(18-26(27)30(32,33)34)36-28(39)38(15-14-37-12-3-1-2-4-13-37)25-10-11-29(19-23(29)17-25)22-7-5-6-21(16-22)20-35/h5-9,16,18,23,25H,1-4,10-15,17,19H2,(H,36,39)/t23?,25-,29-/m1/s1. The number of alkyl halides is 3. The van der Waals surface area contributed by atoms with Crippen LogP contribution in [0.1, 0.15) is 68.1 Å². The predicted molar refractivity (Wildman–Crippen MR) is 141 cm³/mol. The highest BCUT2D eigenvalue weighted by Crippen LogP contribution is 2.62. The van der Waals surface area contributed by atoms with E-state index in [1.165, 1.54) is 24.5 Å². The number of nitriles is 1. The van der Waals surface area contributed by atoms with E-state index >= 15 is 0 Å². The molecule has 5 nitrogen and oxygen atoms in total. The molecule has 3 atom stereocenters. The average Bonchev–Trinajstić information content (AvgIpc) is 3.70. The molecule has 208 valence electrons. The first-order valence-electron chi connectivity index (χ1n) is 13.9. The fourth-order valence-corrected chi connectivity index (χ4v) is 6.62. The number of likely N-dealkylation sites (tertiary alicyclic amines) is 1. The second-order valence-corrected chi connectivity index (χ2v) is 11.2. The number of urea groups is 1. The Labute approximate surface area is 226 Å². The maximum absolute atomic E-state index is 13.8. The van der Waals surface area contributed by atoms with Crippen LogP contribution in [0.3, 0.4) is 0 Å². The Hall–Kier alpha value is -3.12. The number of carbonyl (C=O) groups excluding carboxylic acids is 1. The summed E-state index contributed by atoms with van der Waals surface area (Å²) in [6, 6.07) is 12.1. The van der Waals surface area contributed by atoms with E-state index in [0.717, 1.165) is 57.7 Å². The Morgan fingerprint density at radius 1 is 1.13 bits per heavy atom. The first kappa shape index (κ1) is 27.4. The molecule has 2 aromatic carbocycles. The second-order valence-electron chi connectivity index (χ2n) is 11.2. The van der Waals surface area contributed by atoms with Crippen LogP contribution in [0.25, 0.3) is 0 Å². The van der Waals surface area contributed by atoms with Crippen LogP contribution in [-0.2, 0) is 11.6 Å². The summed E-state index contributed by atoms with van der Waals surface area (Å²) in [5.41, 5.74) is 0.395. The first-order valence-corrected chi connectivity index (χ1v) is 13.9. The number of hydrogen-bond donors (Lipinski definition) is 1. The Bertz CT molecular complexity index is 1230. The van der Waals surface area contributed by atoms with Crippen molar-refractivity contribution in [3.05, 3.63) is 65.0 Å². The van der Waals surface area contributed by atoms with Crippen LogP contribution < -0.4 is 5.32 Å². The van der Waals surface area contributed by atoms with Crippen LogP contribution in [0.4, 0.5) is 28.0 Å². The number of halogens is 4. The van der Waals surface area contributed by atoms with Crippen molar-refractivity contribution in [1.29, 1.82) is 5.26 Å². The minimum Gasteiger partial charge on any atom is -0.320 e. The monoisotopic (exact) mass is 542 g/mol. The lowest BCUT2D eigenvalue weighted by atomic mass is 9.80. The Balaban J connectivity index is 1.32. The van der Waals surface area contributed by atoms with Gasteiger partial charge in [0.2, 0.25) is 0 Å². The molecule has 2 aliphatic carbocycles. The van der Waals surface area contributed by atoms with Crippen molar-refractivity contribution in [3.63, 3.8) is 0 Å². The van der Waals surface area contributed by atoms with Crippen LogP contribution >= 0.6 is 0 Å². The third-order valence-electron chi connectivity index (χ3n) is 8.86. The van der Waals surface area contributed by atoms with Crippen LogP contribution in [0.5, 0.6) is 0 Å². The first-order chi connectivity index (χ1) is 18.7. The largest absolute Gasteiger partial charge is 0.419 e. The van der Waals surface area contributed by atoms with Gasteiger partial charge in [-0.25, -0.2) is 9.18 Å². The molecule has 2 aromatic rings. The molecule has 0 bridgehead atoms. The summed E-state index contributed by atoms with van der Waals surface area (Å²) in [6.07, 6.45) is 3.28. The maximum atomic E-state index is 13.8. The molecule has 1 saturated heterocycles. The molecular formula is C30H34F4N4O. The molecule has 1 unspecified atom stereocenters. The van der Waals surface area contributed by atoms with E-state index in [1.807, 2.05) is 12.1 Å². The minimum atomic E-state index is -4.85. The molecule has 39 heavy (non-hydrogen) atoms. The summed E-state index contributed by atoms with van der Waals surface area (Å²) in [6.45, 7) is 3.15. The highest BCUT2D eigenvalue weighted by atomic mass is 19.4. The van der Waals surface area contributed by atoms with E-state index in [9.17, 15) is 27.6 Å². The zero-order chi connectivity index (χ0) is 27.6. The van der Waals surface area contributed by atoms with Gasteiger partial charge in [-0.1, -0.05) is 25.0 Å². The number of amides is 2. The van der Waals surface area contributed by atoms with Crippen LogP contribution in [0, 0.1) is 23.1 Å². The Morgan fingerprint density at radius 3 is 2.59 bits per heavy atom. The van der Waals surface area contributed by atoms with Gasteiger partial charge in [0, 0.05) is 24.8 Å². The van der Waals surface area contributed by atoms with Gasteiger partial charge in [0.15, 0.2) is 0 Å². The van der Waals surface area contributed by atoms with Crippen molar-refractivity contribution >= 4 is 11.7 Å². The van der Waals surface area contributed by atoms with Crippen molar-refractivity contribution in [2.24, 2.45) is 5.92 Å². The normalized spacial score (nSPS) is 25.2. The van der Waals surface area contributed by atoms with Crippen molar-refractivity contribution < 1.29 is 22.4 Å². The predicted octanol–water partition coefficient (Wildman–Crippen LogP) is 6.94. The summed E-state index contributed by atoms with van der Waals surface area (Å²) in [7, 11) is 0. The molecule has 3 aliphatic rings. The summed E-state index contributed by atoms with van der Waals surface area (Å²) >= 11 is 0. The number of anilines is 1. The van der Waals surface area contributed by atoms with E-state index in [4.69, 9.17) is 0 Å².